The zero-order valence-electron chi connectivity index (χ0n) is 27.0. The van der Waals surface area contributed by atoms with Crippen molar-refractivity contribution >= 4 is 34.8 Å². The van der Waals surface area contributed by atoms with Crippen LogP contribution in [0.25, 0.3) is 0 Å². The highest BCUT2D eigenvalue weighted by Crippen LogP contribution is 2.46. The molecule has 0 saturated heterocycles. The molecule has 3 heterocycles. The first-order valence-corrected chi connectivity index (χ1v) is 16.6. The van der Waals surface area contributed by atoms with Gasteiger partial charge in [0.1, 0.15) is 0 Å². The number of aliphatic hydroxyl groups is 2. The number of hydrogen-bond acceptors (Lipinski definition) is 5. The van der Waals surface area contributed by atoms with Gasteiger partial charge in [-0.3, -0.25) is 19.3 Å². The average molecular weight is 642 g/mol. The Bertz CT molecular complexity index is 1900. The van der Waals surface area contributed by atoms with Crippen LogP contribution in [0.4, 0.5) is 17.1 Å². The van der Waals surface area contributed by atoms with Crippen LogP contribution in [0.1, 0.15) is 47.6 Å². The fraction of sp³-hybridized carbons (Fsp3) is 0.275. The van der Waals surface area contributed by atoms with Crippen molar-refractivity contribution in [3.8, 4) is 0 Å². The monoisotopic (exact) mass is 641 g/mol. The van der Waals surface area contributed by atoms with Crippen molar-refractivity contribution in [1.82, 2.24) is 4.90 Å². The van der Waals surface area contributed by atoms with Gasteiger partial charge in [-0.05, 0) is 59.4 Å². The first kappa shape index (κ1) is 31.5. The molecule has 0 radical (unpaired) electrons. The number of aliphatic hydroxyl groups excluding tert-OH is 1. The number of anilines is 3. The van der Waals surface area contributed by atoms with Gasteiger partial charge in [0.2, 0.25) is 11.8 Å². The van der Waals surface area contributed by atoms with E-state index < -0.39 is 17.4 Å². The first-order chi connectivity index (χ1) is 23.3. The number of carbonyl (C=O) groups is 3. The largest absolute Gasteiger partial charge is 0.394 e. The van der Waals surface area contributed by atoms with E-state index in [1.807, 2.05) is 84.9 Å². The minimum atomic E-state index is -1.81. The second-order valence-electron chi connectivity index (χ2n) is 13.0. The molecular weight excluding hydrogens is 602 g/mol. The lowest BCUT2D eigenvalue weighted by molar-refractivity contribution is -0.139. The van der Waals surface area contributed by atoms with Crippen LogP contribution in [0.2, 0.25) is 0 Å². The summed E-state index contributed by atoms with van der Waals surface area (Å²) in [4.78, 5) is 45.3. The van der Waals surface area contributed by atoms with E-state index in [1.54, 1.807) is 39.8 Å². The Morgan fingerprint density at radius 3 is 2.29 bits per heavy atom. The maximum atomic E-state index is 14.1. The highest BCUT2D eigenvalue weighted by atomic mass is 16.3. The summed E-state index contributed by atoms with van der Waals surface area (Å²) in [7, 11) is 0. The lowest BCUT2D eigenvalue weighted by Crippen LogP contribution is -2.46. The summed E-state index contributed by atoms with van der Waals surface area (Å²) < 4.78 is 0. The van der Waals surface area contributed by atoms with Gasteiger partial charge in [-0.1, -0.05) is 91.9 Å². The van der Waals surface area contributed by atoms with E-state index in [0.29, 0.717) is 30.6 Å². The molecule has 0 aliphatic carbocycles. The molecular formula is C40H39N3O5. The Labute approximate surface area is 280 Å². The van der Waals surface area contributed by atoms with Crippen LogP contribution in [0.15, 0.2) is 109 Å². The molecule has 0 spiro atoms. The number of para-hydroxylation sites is 2. The molecule has 3 aliphatic rings. The SMILES string of the molecule is C[C@H](/C=C/CC(=O)N1Cc2ccccc2C[C@H]1CO)[C@@]1(O)C(=O)N(Cc2ccc(N3C(=O)CCc4ccccc43)cc2)c2ccccc21. The van der Waals surface area contributed by atoms with E-state index in [9.17, 15) is 24.6 Å². The van der Waals surface area contributed by atoms with Crippen LogP contribution in [-0.2, 0) is 45.9 Å². The predicted octanol–water partition coefficient (Wildman–Crippen LogP) is 5.56. The Morgan fingerprint density at radius 2 is 1.54 bits per heavy atom. The molecule has 0 unspecified atom stereocenters. The summed E-state index contributed by atoms with van der Waals surface area (Å²) in [5, 5.41) is 22.0. The summed E-state index contributed by atoms with van der Waals surface area (Å²) >= 11 is 0. The van der Waals surface area contributed by atoms with E-state index >= 15 is 0 Å². The zero-order valence-corrected chi connectivity index (χ0v) is 27.0. The summed E-state index contributed by atoms with van der Waals surface area (Å²) in [5.74, 6) is -1.11. The summed E-state index contributed by atoms with van der Waals surface area (Å²) in [6, 6.07) is 30.5. The van der Waals surface area contributed by atoms with Crippen LogP contribution >= 0.6 is 0 Å². The minimum Gasteiger partial charge on any atom is -0.394 e. The lowest BCUT2D eigenvalue weighted by Gasteiger charge is -2.36. The first-order valence-electron chi connectivity index (χ1n) is 16.6. The highest BCUT2D eigenvalue weighted by molar-refractivity contribution is 6.07. The maximum absolute atomic E-state index is 14.1. The quantitative estimate of drug-likeness (QED) is 0.246. The Hall–Kier alpha value is -5.05. The molecule has 3 atom stereocenters. The van der Waals surface area contributed by atoms with Gasteiger partial charge in [0.05, 0.1) is 30.6 Å². The van der Waals surface area contributed by atoms with Gasteiger partial charge in [-0.2, -0.15) is 0 Å². The molecule has 0 aromatic heterocycles. The zero-order chi connectivity index (χ0) is 33.4. The van der Waals surface area contributed by atoms with Gasteiger partial charge in [-0.25, -0.2) is 0 Å². The molecule has 8 heteroatoms. The smallest absolute Gasteiger partial charge is 0.264 e. The van der Waals surface area contributed by atoms with Crippen molar-refractivity contribution in [3.05, 3.63) is 137 Å². The van der Waals surface area contributed by atoms with Crippen molar-refractivity contribution in [1.29, 1.82) is 0 Å². The van der Waals surface area contributed by atoms with Crippen LogP contribution in [0, 0.1) is 5.92 Å². The van der Waals surface area contributed by atoms with Crippen LogP contribution in [-0.4, -0.2) is 45.5 Å². The molecule has 0 bridgehead atoms. The topological polar surface area (TPSA) is 101 Å². The molecule has 4 aromatic carbocycles. The third-order valence-corrected chi connectivity index (χ3v) is 10.1. The number of amides is 3. The fourth-order valence-electron chi connectivity index (χ4n) is 7.37. The van der Waals surface area contributed by atoms with Crippen LogP contribution < -0.4 is 9.80 Å². The molecule has 4 aromatic rings. The van der Waals surface area contributed by atoms with Gasteiger partial charge in [0.25, 0.3) is 5.91 Å². The van der Waals surface area contributed by atoms with Crippen LogP contribution in [0.5, 0.6) is 0 Å². The molecule has 2 N–H and O–H groups in total. The van der Waals surface area contributed by atoms with Gasteiger partial charge < -0.3 is 20.0 Å². The summed E-state index contributed by atoms with van der Waals surface area (Å²) in [6.45, 7) is 2.36. The minimum absolute atomic E-state index is 0.0494. The number of rotatable bonds is 8. The predicted molar refractivity (Wildman–Crippen MR) is 184 cm³/mol. The fourth-order valence-corrected chi connectivity index (χ4v) is 7.37. The summed E-state index contributed by atoms with van der Waals surface area (Å²) in [6.07, 6.45) is 5.33. The normalized spacial score (nSPS) is 20.9. The molecule has 7 rings (SSSR count). The standard InChI is InChI=1S/C40H39N3O5/c1-27(9-8-16-37(45)41-25-31-12-3-2-11-30(31)23-33(41)26-44)40(48)34-13-5-7-15-36(34)42(39(40)47)24-28-17-20-32(21-18-28)43-35-14-6-4-10-29(35)19-22-38(43)46/h2-15,17-18,20-21,27,33,44,48H,16,19,22-26H2,1H3/b9-8+/t27-,33+,40+/m1/s1. The third kappa shape index (κ3) is 5.51. The number of fused-ring (bicyclic) bond motifs is 3. The van der Waals surface area contributed by atoms with Gasteiger partial charge >= 0.3 is 0 Å². The second kappa shape index (κ2) is 12.9. The van der Waals surface area contributed by atoms with Gasteiger partial charge in [-0.15, -0.1) is 0 Å². The van der Waals surface area contributed by atoms with E-state index in [-0.39, 0.29) is 37.4 Å². The number of aryl methyl sites for hydroxylation is 1. The van der Waals surface area contributed by atoms with Crippen molar-refractivity contribution < 1.29 is 24.6 Å². The molecule has 0 saturated carbocycles. The van der Waals surface area contributed by atoms with Crippen molar-refractivity contribution in [2.24, 2.45) is 5.92 Å². The molecule has 48 heavy (non-hydrogen) atoms. The maximum Gasteiger partial charge on any atom is 0.264 e. The number of hydrogen-bond donors (Lipinski definition) is 2. The molecule has 8 nitrogen and oxygen atoms in total. The number of nitrogens with zero attached hydrogens (tertiary/aromatic N) is 3. The molecule has 244 valence electrons. The third-order valence-electron chi connectivity index (χ3n) is 10.1. The summed E-state index contributed by atoms with van der Waals surface area (Å²) in [5.41, 5.74) is 5.25. The second-order valence-corrected chi connectivity index (χ2v) is 13.0. The Morgan fingerprint density at radius 1 is 0.875 bits per heavy atom. The van der Waals surface area contributed by atoms with Crippen LogP contribution in [0.3, 0.4) is 0 Å². The lowest BCUT2D eigenvalue weighted by atomic mass is 9.83. The van der Waals surface area contributed by atoms with Crippen molar-refractivity contribution in [2.75, 3.05) is 16.4 Å². The average Bonchev–Trinajstić information content (AvgIpc) is 3.33. The van der Waals surface area contributed by atoms with E-state index in [1.165, 1.54) is 0 Å². The van der Waals surface area contributed by atoms with Crippen molar-refractivity contribution in [3.63, 3.8) is 0 Å². The number of benzene rings is 4. The van der Waals surface area contributed by atoms with E-state index in [0.717, 1.165) is 40.0 Å². The number of carbonyl (C=O) groups excluding carboxylic acids is 3. The van der Waals surface area contributed by atoms with E-state index in [4.69, 9.17) is 0 Å². The highest BCUT2D eigenvalue weighted by Gasteiger charge is 2.52. The molecule has 3 aliphatic heterocycles. The van der Waals surface area contributed by atoms with Gasteiger partial charge in [0, 0.05) is 36.6 Å². The Kier molecular flexibility index (Phi) is 8.45. The molecule has 3 amide bonds. The van der Waals surface area contributed by atoms with E-state index in [2.05, 4.69) is 6.07 Å². The molecule has 0 fully saturated rings. The Balaban J connectivity index is 1.06. The van der Waals surface area contributed by atoms with Crippen molar-refractivity contribution in [2.45, 2.75) is 57.3 Å². The van der Waals surface area contributed by atoms with Gasteiger partial charge in [0.15, 0.2) is 5.60 Å².